The molecular formula is C15H17N3O2. The number of benzene rings is 1. The molecule has 0 bridgehead atoms. The first kappa shape index (κ1) is 14.1. The maximum atomic E-state index is 10.9. The Morgan fingerprint density at radius 3 is 2.80 bits per heavy atom. The van der Waals surface area contributed by atoms with E-state index in [1.807, 2.05) is 31.3 Å². The van der Waals surface area contributed by atoms with Crippen molar-refractivity contribution in [3.05, 3.63) is 69.5 Å². The van der Waals surface area contributed by atoms with E-state index in [0.717, 1.165) is 11.1 Å². The van der Waals surface area contributed by atoms with Gasteiger partial charge in [-0.1, -0.05) is 18.2 Å². The normalized spacial score (nSPS) is 12.1. The van der Waals surface area contributed by atoms with Gasteiger partial charge in [-0.25, -0.2) is 0 Å². The van der Waals surface area contributed by atoms with Crippen molar-refractivity contribution >= 4 is 5.69 Å². The summed E-state index contributed by atoms with van der Waals surface area (Å²) in [7, 11) is 0. The zero-order chi connectivity index (χ0) is 14.5. The number of hydrogen-bond acceptors (Lipinski definition) is 4. The average Bonchev–Trinajstić information content (AvgIpc) is 2.46. The molecule has 0 aliphatic carbocycles. The standard InChI is InChI=1S/C15H17N3O2/c1-11-13(5-3-7-15(11)18(19)20)10-17-12(2)14-6-4-8-16-9-14/h3-9,12,17H,10H2,1-2H3/t12-/m1/s1. The first-order valence-electron chi connectivity index (χ1n) is 6.45. The third-order valence-electron chi connectivity index (χ3n) is 3.40. The summed E-state index contributed by atoms with van der Waals surface area (Å²) in [5.74, 6) is 0. The molecule has 20 heavy (non-hydrogen) atoms. The summed E-state index contributed by atoms with van der Waals surface area (Å²) in [4.78, 5) is 14.7. The van der Waals surface area contributed by atoms with Gasteiger partial charge in [-0.3, -0.25) is 15.1 Å². The van der Waals surface area contributed by atoms with Crippen molar-refractivity contribution < 1.29 is 4.92 Å². The van der Waals surface area contributed by atoms with Crippen LogP contribution >= 0.6 is 0 Å². The molecule has 104 valence electrons. The predicted molar refractivity (Wildman–Crippen MR) is 77.3 cm³/mol. The highest BCUT2D eigenvalue weighted by molar-refractivity contribution is 5.44. The quantitative estimate of drug-likeness (QED) is 0.670. The third-order valence-corrected chi connectivity index (χ3v) is 3.40. The van der Waals surface area contributed by atoms with Crippen LogP contribution in [-0.2, 0) is 6.54 Å². The number of nitrogens with one attached hydrogen (secondary N) is 1. The van der Waals surface area contributed by atoms with E-state index in [0.29, 0.717) is 12.1 Å². The number of nitrogens with zero attached hydrogens (tertiary/aromatic N) is 2. The van der Waals surface area contributed by atoms with Crippen LogP contribution in [-0.4, -0.2) is 9.91 Å². The summed E-state index contributed by atoms with van der Waals surface area (Å²) in [5.41, 5.74) is 2.91. The molecule has 5 nitrogen and oxygen atoms in total. The summed E-state index contributed by atoms with van der Waals surface area (Å²) in [5, 5.41) is 14.3. The van der Waals surface area contributed by atoms with Gasteiger partial charge >= 0.3 is 0 Å². The lowest BCUT2D eigenvalue weighted by Gasteiger charge is -2.15. The molecule has 0 radical (unpaired) electrons. The first-order chi connectivity index (χ1) is 9.59. The van der Waals surface area contributed by atoms with Crippen molar-refractivity contribution in [2.24, 2.45) is 0 Å². The van der Waals surface area contributed by atoms with Crippen LogP contribution in [0.2, 0.25) is 0 Å². The van der Waals surface area contributed by atoms with Gasteiger partial charge in [0.05, 0.1) is 4.92 Å². The summed E-state index contributed by atoms with van der Waals surface area (Å²) in [6, 6.07) is 9.20. The Kier molecular flexibility index (Phi) is 4.42. The van der Waals surface area contributed by atoms with Gasteiger partial charge in [-0.2, -0.15) is 0 Å². The number of pyridine rings is 1. The van der Waals surface area contributed by atoms with Gasteiger partial charge in [0.2, 0.25) is 0 Å². The van der Waals surface area contributed by atoms with Crippen molar-refractivity contribution in [1.82, 2.24) is 10.3 Å². The van der Waals surface area contributed by atoms with Gasteiger partial charge in [0.15, 0.2) is 0 Å². The Morgan fingerprint density at radius 1 is 1.35 bits per heavy atom. The molecule has 1 atom stereocenters. The van der Waals surface area contributed by atoms with Crippen molar-refractivity contribution in [2.45, 2.75) is 26.4 Å². The van der Waals surface area contributed by atoms with Crippen LogP contribution in [0.25, 0.3) is 0 Å². The Bertz CT molecular complexity index is 599. The molecule has 1 aromatic heterocycles. The minimum atomic E-state index is -0.344. The van der Waals surface area contributed by atoms with Gasteiger partial charge in [0.25, 0.3) is 5.69 Å². The second-order valence-corrected chi connectivity index (χ2v) is 4.71. The fourth-order valence-electron chi connectivity index (χ4n) is 2.07. The Labute approximate surface area is 117 Å². The maximum absolute atomic E-state index is 10.9. The molecule has 0 fully saturated rings. The largest absolute Gasteiger partial charge is 0.306 e. The summed E-state index contributed by atoms with van der Waals surface area (Å²) in [6.45, 7) is 4.41. The fraction of sp³-hybridized carbons (Fsp3) is 0.267. The lowest BCUT2D eigenvalue weighted by molar-refractivity contribution is -0.385. The molecule has 0 amide bonds. The molecular weight excluding hydrogens is 254 g/mol. The molecule has 0 aliphatic heterocycles. The lowest BCUT2D eigenvalue weighted by Crippen LogP contribution is -2.19. The lowest BCUT2D eigenvalue weighted by atomic mass is 10.1. The monoisotopic (exact) mass is 271 g/mol. The Balaban J connectivity index is 2.08. The van der Waals surface area contributed by atoms with Crippen molar-refractivity contribution in [3.8, 4) is 0 Å². The first-order valence-corrected chi connectivity index (χ1v) is 6.45. The summed E-state index contributed by atoms with van der Waals surface area (Å²) >= 11 is 0. The third kappa shape index (κ3) is 3.19. The second kappa shape index (κ2) is 6.25. The highest BCUT2D eigenvalue weighted by atomic mass is 16.6. The number of rotatable bonds is 5. The highest BCUT2D eigenvalue weighted by Crippen LogP contribution is 2.21. The number of hydrogen-bond donors (Lipinski definition) is 1. The highest BCUT2D eigenvalue weighted by Gasteiger charge is 2.13. The zero-order valence-corrected chi connectivity index (χ0v) is 11.5. The maximum Gasteiger partial charge on any atom is 0.272 e. The van der Waals surface area contributed by atoms with E-state index >= 15 is 0 Å². The van der Waals surface area contributed by atoms with E-state index in [-0.39, 0.29) is 16.7 Å². The topological polar surface area (TPSA) is 68.1 Å². The fourth-order valence-corrected chi connectivity index (χ4v) is 2.07. The Hall–Kier alpha value is -2.27. The number of aromatic nitrogens is 1. The number of nitro groups is 1. The number of nitro benzene ring substituents is 1. The van der Waals surface area contributed by atoms with Crippen molar-refractivity contribution in [2.75, 3.05) is 0 Å². The van der Waals surface area contributed by atoms with Gasteiger partial charge in [-0.05, 0) is 31.0 Å². The van der Waals surface area contributed by atoms with Crippen LogP contribution in [0.3, 0.4) is 0 Å². The van der Waals surface area contributed by atoms with Crippen LogP contribution in [0, 0.1) is 17.0 Å². The van der Waals surface area contributed by atoms with Gasteiger partial charge in [0.1, 0.15) is 0 Å². The van der Waals surface area contributed by atoms with Gasteiger partial charge < -0.3 is 5.32 Å². The molecule has 0 aliphatic rings. The van der Waals surface area contributed by atoms with Gasteiger partial charge in [-0.15, -0.1) is 0 Å². The zero-order valence-electron chi connectivity index (χ0n) is 11.5. The van der Waals surface area contributed by atoms with Gasteiger partial charge in [0, 0.05) is 36.6 Å². The molecule has 1 aromatic carbocycles. The molecule has 5 heteroatoms. The molecule has 0 unspecified atom stereocenters. The van der Waals surface area contributed by atoms with E-state index in [2.05, 4.69) is 10.3 Å². The van der Waals surface area contributed by atoms with Crippen LogP contribution in [0.4, 0.5) is 5.69 Å². The van der Waals surface area contributed by atoms with Crippen LogP contribution < -0.4 is 5.32 Å². The summed E-state index contributed by atoms with van der Waals surface area (Å²) in [6.07, 6.45) is 3.55. The van der Waals surface area contributed by atoms with Crippen LogP contribution in [0.1, 0.15) is 29.7 Å². The molecule has 2 rings (SSSR count). The van der Waals surface area contributed by atoms with Crippen LogP contribution in [0.5, 0.6) is 0 Å². The smallest absolute Gasteiger partial charge is 0.272 e. The van der Waals surface area contributed by atoms with E-state index < -0.39 is 0 Å². The molecule has 0 spiro atoms. The average molecular weight is 271 g/mol. The molecule has 1 heterocycles. The SMILES string of the molecule is Cc1c(CN[C@H](C)c2cccnc2)cccc1[N+](=O)[O-]. The molecule has 0 saturated heterocycles. The van der Waals surface area contributed by atoms with E-state index in [1.165, 1.54) is 6.07 Å². The van der Waals surface area contributed by atoms with Crippen LogP contribution in [0.15, 0.2) is 42.7 Å². The minimum absolute atomic E-state index is 0.141. The van der Waals surface area contributed by atoms with E-state index in [9.17, 15) is 10.1 Å². The summed E-state index contributed by atoms with van der Waals surface area (Å²) < 4.78 is 0. The second-order valence-electron chi connectivity index (χ2n) is 4.71. The Morgan fingerprint density at radius 2 is 2.15 bits per heavy atom. The van der Waals surface area contributed by atoms with E-state index in [4.69, 9.17) is 0 Å². The predicted octanol–water partition coefficient (Wildman–Crippen LogP) is 3.15. The van der Waals surface area contributed by atoms with Crippen molar-refractivity contribution in [1.29, 1.82) is 0 Å². The minimum Gasteiger partial charge on any atom is -0.306 e. The molecule has 0 saturated carbocycles. The molecule has 2 aromatic rings. The molecule has 1 N–H and O–H groups in total. The van der Waals surface area contributed by atoms with E-state index in [1.54, 1.807) is 19.2 Å². The van der Waals surface area contributed by atoms with Crippen molar-refractivity contribution in [3.63, 3.8) is 0 Å².